The van der Waals surface area contributed by atoms with Crippen LogP contribution in [0.25, 0.3) is 11.5 Å². The molecule has 0 saturated heterocycles. The fraction of sp³-hybridized carbons (Fsp3) is 0.269. The van der Waals surface area contributed by atoms with Gasteiger partial charge in [-0.1, -0.05) is 30.3 Å². The second kappa shape index (κ2) is 8.78. The monoisotopic (exact) mass is 466 g/mol. The lowest BCUT2D eigenvalue weighted by Gasteiger charge is -2.32. The van der Waals surface area contributed by atoms with Crippen LogP contribution in [0.2, 0.25) is 0 Å². The summed E-state index contributed by atoms with van der Waals surface area (Å²) in [6, 6.07) is 14.6. The van der Waals surface area contributed by atoms with Crippen molar-refractivity contribution in [3.8, 4) is 0 Å². The maximum atomic E-state index is 13.6. The quantitative estimate of drug-likeness (QED) is 0.375. The highest BCUT2D eigenvalue weighted by atomic mass is 19.1. The Morgan fingerprint density at radius 3 is 1.97 bits per heavy atom. The van der Waals surface area contributed by atoms with E-state index in [0.29, 0.717) is 22.5 Å². The van der Waals surface area contributed by atoms with E-state index in [-0.39, 0.29) is 18.6 Å². The minimum atomic E-state index is -1.79. The minimum absolute atomic E-state index is 0.168. The number of carbonyl (C=O) groups is 3. The van der Waals surface area contributed by atoms with Gasteiger partial charge in [0, 0.05) is 17.5 Å². The third-order valence-corrected chi connectivity index (χ3v) is 6.33. The summed E-state index contributed by atoms with van der Waals surface area (Å²) < 4.78 is 34.9. The van der Waals surface area contributed by atoms with E-state index in [1.807, 2.05) is 6.07 Å². The van der Waals surface area contributed by atoms with Gasteiger partial charge >= 0.3 is 17.9 Å². The fourth-order valence-corrected chi connectivity index (χ4v) is 4.73. The number of hydrogen-bond acceptors (Lipinski definition) is 7. The number of esters is 3. The molecule has 0 bridgehead atoms. The molecule has 7 nitrogen and oxygen atoms in total. The SMILES string of the molecule is COC(=O)C12C=C(c3ccc(F)cc3)OC(c3ccccc3)=C1CC(C(=O)OC)(C(=O)OC)C2. The van der Waals surface area contributed by atoms with Gasteiger partial charge in [0.15, 0.2) is 5.41 Å². The molecular formula is C26H23FO7. The molecule has 2 aromatic rings. The number of rotatable bonds is 5. The molecule has 2 aromatic carbocycles. The zero-order valence-electron chi connectivity index (χ0n) is 18.9. The summed E-state index contributed by atoms with van der Waals surface area (Å²) in [7, 11) is 3.57. The molecule has 1 fully saturated rings. The largest absolute Gasteiger partial charge is 0.468 e. The number of ether oxygens (including phenoxy) is 4. The van der Waals surface area contributed by atoms with E-state index in [4.69, 9.17) is 18.9 Å². The highest BCUT2D eigenvalue weighted by molar-refractivity contribution is 6.05. The van der Waals surface area contributed by atoms with Crippen molar-refractivity contribution in [3.63, 3.8) is 0 Å². The Balaban J connectivity index is 2.02. The summed E-state index contributed by atoms with van der Waals surface area (Å²) in [5.74, 6) is -2.18. The first-order valence-corrected chi connectivity index (χ1v) is 10.5. The van der Waals surface area contributed by atoms with Crippen molar-refractivity contribution in [1.82, 2.24) is 0 Å². The molecule has 1 saturated carbocycles. The number of carbonyl (C=O) groups excluding carboxylic acids is 3. The predicted molar refractivity (Wildman–Crippen MR) is 119 cm³/mol. The van der Waals surface area contributed by atoms with E-state index < -0.39 is 34.6 Å². The lowest BCUT2D eigenvalue weighted by atomic mass is 9.76. The van der Waals surface area contributed by atoms with Gasteiger partial charge in [-0.25, -0.2) is 4.39 Å². The van der Waals surface area contributed by atoms with Gasteiger partial charge in [-0.05, 0) is 42.3 Å². The second-order valence-electron chi connectivity index (χ2n) is 8.17. The zero-order chi connectivity index (χ0) is 24.5. The molecule has 2 aliphatic rings. The van der Waals surface area contributed by atoms with Crippen molar-refractivity contribution in [3.05, 3.63) is 83.2 Å². The number of halogens is 1. The molecule has 4 rings (SSSR count). The molecule has 34 heavy (non-hydrogen) atoms. The first kappa shape index (κ1) is 23.2. The average molecular weight is 466 g/mol. The van der Waals surface area contributed by atoms with Crippen molar-refractivity contribution >= 4 is 29.4 Å². The maximum absolute atomic E-state index is 13.6. The lowest BCUT2D eigenvalue weighted by molar-refractivity contribution is -0.169. The summed E-state index contributed by atoms with van der Waals surface area (Å²) in [5.41, 5.74) is -1.78. The summed E-state index contributed by atoms with van der Waals surface area (Å²) in [4.78, 5) is 39.3. The van der Waals surface area contributed by atoms with Crippen molar-refractivity contribution in [2.75, 3.05) is 21.3 Å². The predicted octanol–water partition coefficient (Wildman–Crippen LogP) is 3.89. The zero-order valence-corrected chi connectivity index (χ0v) is 18.9. The molecule has 8 heteroatoms. The van der Waals surface area contributed by atoms with Crippen LogP contribution in [0.5, 0.6) is 0 Å². The third kappa shape index (κ3) is 3.55. The molecule has 1 aliphatic carbocycles. The average Bonchev–Trinajstić information content (AvgIpc) is 3.25. The van der Waals surface area contributed by atoms with E-state index in [9.17, 15) is 18.8 Å². The molecule has 1 heterocycles. The molecule has 0 N–H and O–H groups in total. The Hall–Kier alpha value is -3.94. The van der Waals surface area contributed by atoms with Crippen molar-refractivity contribution < 1.29 is 37.7 Å². The molecule has 0 aromatic heterocycles. The normalized spacial score (nSPS) is 20.5. The summed E-state index contributed by atoms with van der Waals surface area (Å²) >= 11 is 0. The van der Waals surface area contributed by atoms with Gasteiger partial charge in [0.2, 0.25) is 0 Å². The van der Waals surface area contributed by atoms with E-state index in [1.54, 1.807) is 24.3 Å². The minimum Gasteiger partial charge on any atom is -0.468 e. The second-order valence-corrected chi connectivity index (χ2v) is 8.17. The fourth-order valence-electron chi connectivity index (χ4n) is 4.73. The first-order chi connectivity index (χ1) is 16.3. The van der Waals surface area contributed by atoms with Crippen LogP contribution >= 0.6 is 0 Å². The molecule has 1 unspecified atom stereocenters. The van der Waals surface area contributed by atoms with Gasteiger partial charge in [0.05, 0.1) is 21.3 Å². The van der Waals surface area contributed by atoms with Crippen LogP contribution in [0.15, 0.2) is 66.2 Å². The first-order valence-electron chi connectivity index (χ1n) is 10.5. The van der Waals surface area contributed by atoms with Crippen LogP contribution in [0.3, 0.4) is 0 Å². The van der Waals surface area contributed by atoms with Crippen LogP contribution in [-0.2, 0) is 33.3 Å². The Bertz CT molecular complexity index is 1180. The summed E-state index contributed by atoms with van der Waals surface area (Å²) in [5, 5.41) is 0. The van der Waals surface area contributed by atoms with Gasteiger partial charge in [0.1, 0.15) is 22.8 Å². The highest BCUT2D eigenvalue weighted by Crippen LogP contribution is 2.60. The topological polar surface area (TPSA) is 88.1 Å². The Morgan fingerprint density at radius 1 is 0.824 bits per heavy atom. The van der Waals surface area contributed by atoms with Gasteiger partial charge in [0.25, 0.3) is 0 Å². The molecule has 176 valence electrons. The molecule has 0 spiro atoms. The van der Waals surface area contributed by atoms with Crippen LogP contribution < -0.4 is 0 Å². The van der Waals surface area contributed by atoms with Crippen molar-refractivity contribution in [2.45, 2.75) is 12.8 Å². The molecule has 1 aliphatic heterocycles. The van der Waals surface area contributed by atoms with Crippen molar-refractivity contribution in [2.24, 2.45) is 10.8 Å². The Morgan fingerprint density at radius 2 is 1.41 bits per heavy atom. The smallest absolute Gasteiger partial charge is 0.323 e. The third-order valence-electron chi connectivity index (χ3n) is 6.33. The number of methoxy groups -OCH3 is 3. The number of fused-ring (bicyclic) bond motifs is 1. The molecule has 1 atom stereocenters. The van der Waals surface area contributed by atoms with Crippen molar-refractivity contribution in [1.29, 1.82) is 0 Å². The van der Waals surface area contributed by atoms with E-state index in [2.05, 4.69) is 0 Å². The molecule has 0 radical (unpaired) electrons. The van der Waals surface area contributed by atoms with Gasteiger partial charge in [-0.2, -0.15) is 0 Å². The van der Waals surface area contributed by atoms with E-state index >= 15 is 0 Å². The van der Waals surface area contributed by atoms with Crippen LogP contribution in [-0.4, -0.2) is 39.2 Å². The van der Waals surface area contributed by atoms with Gasteiger partial charge < -0.3 is 18.9 Å². The maximum Gasteiger partial charge on any atom is 0.323 e. The number of hydrogen-bond donors (Lipinski definition) is 0. The van der Waals surface area contributed by atoms with E-state index in [1.165, 1.54) is 51.7 Å². The Labute approximate surface area is 195 Å². The summed E-state index contributed by atoms with van der Waals surface area (Å²) in [6.07, 6.45) is 1.09. The van der Waals surface area contributed by atoms with Crippen LogP contribution in [0, 0.1) is 16.6 Å². The standard InChI is InChI=1S/C26H23FO7/c1-31-22(28)25-14-20(16-9-11-18(27)12-10-16)34-21(17-7-5-4-6-8-17)19(25)13-26(15-25,23(29)32-2)24(30)33-3/h4-12,14H,13,15H2,1-3H3. The van der Waals surface area contributed by atoms with E-state index in [0.717, 1.165) is 0 Å². The Kier molecular flexibility index (Phi) is 6.00. The van der Waals surface area contributed by atoms with Crippen LogP contribution in [0.1, 0.15) is 24.0 Å². The molecular weight excluding hydrogens is 443 g/mol. The lowest BCUT2D eigenvalue weighted by Crippen LogP contribution is -2.41. The van der Waals surface area contributed by atoms with Crippen LogP contribution in [0.4, 0.5) is 4.39 Å². The molecule has 0 amide bonds. The summed E-state index contributed by atoms with van der Waals surface area (Å²) in [6.45, 7) is 0. The number of benzene rings is 2. The highest BCUT2D eigenvalue weighted by Gasteiger charge is 2.66. The van der Waals surface area contributed by atoms with Gasteiger partial charge in [-0.3, -0.25) is 14.4 Å². The van der Waals surface area contributed by atoms with Gasteiger partial charge in [-0.15, -0.1) is 0 Å².